The zero-order valence-electron chi connectivity index (χ0n) is 11.8. The Kier molecular flexibility index (Phi) is 4.52. The van der Waals surface area contributed by atoms with E-state index in [0.29, 0.717) is 5.56 Å². The van der Waals surface area contributed by atoms with E-state index in [9.17, 15) is 13.6 Å². The number of carbonyl (C=O) groups excluding carboxylic acids is 1. The van der Waals surface area contributed by atoms with Crippen molar-refractivity contribution in [2.24, 2.45) is 0 Å². The van der Waals surface area contributed by atoms with Crippen LogP contribution >= 0.6 is 0 Å². The fourth-order valence-electron chi connectivity index (χ4n) is 1.99. The second-order valence-corrected chi connectivity index (χ2v) is 4.61. The monoisotopic (exact) mass is 291 g/mol. The zero-order valence-corrected chi connectivity index (χ0v) is 11.8. The van der Waals surface area contributed by atoms with Crippen molar-refractivity contribution in [3.05, 3.63) is 65.2 Å². The van der Waals surface area contributed by atoms with Gasteiger partial charge in [0.25, 0.3) is 5.91 Å². The third kappa shape index (κ3) is 3.37. The number of hydrogen-bond donors (Lipinski definition) is 0. The second kappa shape index (κ2) is 6.35. The Hall–Kier alpha value is -2.43. The Morgan fingerprint density at radius 1 is 1.14 bits per heavy atom. The van der Waals surface area contributed by atoms with Gasteiger partial charge >= 0.3 is 0 Å². The lowest BCUT2D eigenvalue weighted by atomic mass is 10.1. The van der Waals surface area contributed by atoms with Crippen molar-refractivity contribution in [1.82, 2.24) is 4.90 Å². The SMILES string of the molecule is COc1ccc(CN(C)C(=O)c2ccccc2F)cc1F. The van der Waals surface area contributed by atoms with Gasteiger partial charge in [-0.05, 0) is 29.8 Å². The van der Waals surface area contributed by atoms with Gasteiger partial charge < -0.3 is 9.64 Å². The number of ether oxygens (including phenoxy) is 1. The number of nitrogens with zero attached hydrogens (tertiary/aromatic N) is 1. The first kappa shape index (κ1) is 15.0. The molecule has 0 aliphatic rings. The van der Waals surface area contributed by atoms with Gasteiger partial charge in [0, 0.05) is 13.6 Å². The van der Waals surface area contributed by atoms with Gasteiger partial charge in [-0.3, -0.25) is 4.79 Å². The number of carbonyl (C=O) groups is 1. The van der Waals surface area contributed by atoms with Crippen LogP contribution in [-0.4, -0.2) is 25.0 Å². The van der Waals surface area contributed by atoms with E-state index in [2.05, 4.69) is 0 Å². The summed E-state index contributed by atoms with van der Waals surface area (Å²) >= 11 is 0. The molecule has 0 fully saturated rings. The highest BCUT2D eigenvalue weighted by molar-refractivity contribution is 5.94. The van der Waals surface area contributed by atoms with Gasteiger partial charge in [0.2, 0.25) is 0 Å². The molecule has 0 saturated carbocycles. The first-order valence-corrected chi connectivity index (χ1v) is 6.35. The summed E-state index contributed by atoms with van der Waals surface area (Å²) in [5, 5.41) is 0. The molecule has 0 radical (unpaired) electrons. The molecular formula is C16H15F2NO2. The average molecular weight is 291 g/mol. The summed E-state index contributed by atoms with van der Waals surface area (Å²) in [5.74, 6) is -1.39. The van der Waals surface area contributed by atoms with Crippen LogP contribution in [0.15, 0.2) is 42.5 Å². The lowest BCUT2D eigenvalue weighted by Crippen LogP contribution is -2.27. The Bertz CT molecular complexity index is 658. The Morgan fingerprint density at radius 3 is 2.48 bits per heavy atom. The van der Waals surface area contributed by atoms with Crippen LogP contribution in [0.3, 0.4) is 0 Å². The van der Waals surface area contributed by atoms with E-state index in [-0.39, 0.29) is 17.9 Å². The number of benzene rings is 2. The van der Waals surface area contributed by atoms with Crippen molar-refractivity contribution in [3.63, 3.8) is 0 Å². The van der Waals surface area contributed by atoms with Crippen molar-refractivity contribution in [2.75, 3.05) is 14.2 Å². The quantitative estimate of drug-likeness (QED) is 0.865. The maximum absolute atomic E-state index is 13.6. The van der Waals surface area contributed by atoms with Crippen molar-refractivity contribution < 1.29 is 18.3 Å². The fourth-order valence-corrected chi connectivity index (χ4v) is 1.99. The minimum absolute atomic E-state index is 0.00557. The number of rotatable bonds is 4. The number of amides is 1. The molecule has 2 aromatic carbocycles. The van der Waals surface area contributed by atoms with Crippen LogP contribution < -0.4 is 4.74 Å². The molecule has 0 N–H and O–H groups in total. The molecule has 0 saturated heterocycles. The van der Waals surface area contributed by atoms with Gasteiger partial charge in [0.05, 0.1) is 12.7 Å². The first-order chi connectivity index (χ1) is 10.0. The molecule has 110 valence electrons. The minimum Gasteiger partial charge on any atom is -0.494 e. The topological polar surface area (TPSA) is 29.5 Å². The molecule has 1 amide bonds. The van der Waals surface area contributed by atoms with Crippen LogP contribution in [0.4, 0.5) is 8.78 Å². The van der Waals surface area contributed by atoms with E-state index in [0.717, 1.165) is 0 Å². The summed E-state index contributed by atoms with van der Waals surface area (Å²) in [5.41, 5.74) is 0.592. The molecule has 0 aliphatic heterocycles. The van der Waals surface area contributed by atoms with Crippen LogP contribution in [0.25, 0.3) is 0 Å². The van der Waals surface area contributed by atoms with Crippen molar-refractivity contribution in [3.8, 4) is 5.75 Å². The zero-order chi connectivity index (χ0) is 15.4. The number of halogens is 2. The summed E-state index contributed by atoms with van der Waals surface area (Å²) in [6.07, 6.45) is 0. The van der Waals surface area contributed by atoms with Crippen LogP contribution in [0.1, 0.15) is 15.9 Å². The third-order valence-electron chi connectivity index (χ3n) is 3.09. The second-order valence-electron chi connectivity index (χ2n) is 4.61. The van der Waals surface area contributed by atoms with E-state index >= 15 is 0 Å². The molecule has 3 nitrogen and oxygen atoms in total. The Labute approximate surface area is 121 Å². The molecule has 0 aromatic heterocycles. The molecule has 0 aliphatic carbocycles. The van der Waals surface area contributed by atoms with Crippen molar-refractivity contribution >= 4 is 5.91 Å². The molecule has 0 spiro atoms. The van der Waals surface area contributed by atoms with Gasteiger partial charge in [-0.25, -0.2) is 8.78 Å². The van der Waals surface area contributed by atoms with Gasteiger partial charge in [0.15, 0.2) is 11.6 Å². The number of methoxy groups -OCH3 is 1. The van der Waals surface area contributed by atoms with E-state index in [4.69, 9.17) is 4.74 Å². The predicted molar refractivity (Wildman–Crippen MR) is 75.1 cm³/mol. The minimum atomic E-state index is -0.574. The molecule has 21 heavy (non-hydrogen) atoms. The number of hydrogen-bond acceptors (Lipinski definition) is 2. The van der Waals surface area contributed by atoms with Gasteiger partial charge in [-0.2, -0.15) is 0 Å². The van der Waals surface area contributed by atoms with Crippen LogP contribution in [0, 0.1) is 11.6 Å². The molecule has 2 aromatic rings. The standard InChI is InChI=1S/C16H15F2NO2/c1-19(16(20)12-5-3-4-6-13(12)17)10-11-7-8-15(21-2)14(18)9-11/h3-9H,10H2,1-2H3. The Morgan fingerprint density at radius 2 is 1.86 bits per heavy atom. The highest BCUT2D eigenvalue weighted by atomic mass is 19.1. The normalized spacial score (nSPS) is 10.3. The van der Waals surface area contributed by atoms with Crippen molar-refractivity contribution in [2.45, 2.75) is 6.54 Å². The smallest absolute Gasteiger partial charge is 0.256 e. The third-order valence-corrected chi connectivity index (χ3v) is 3.09. The maximum Gasteiger partial charge on any atom is 0.256 e. The van der Waals surface area contributed by atoms with Crippen LogP contribution in [0.5, 0.6) is 5.75 Å². The van der Waals surface area contributed by atoms with Crippen LogP contribution in [-0.2, 0) is 6.54 Å². The summed E-state index contributed by atoms with van der Waals surface area (Å²) in [6.45, 7) is 0.175. The lowest BCUT2D eigenvalue weighted by molar-refractivity contribution is 0.0780. The van der Waals surface area contributed by atoms with E-state index in [1.54, 1.807) is 12.1 Å². The average Bonchev–Trinajstić information content (AvgIpc) is 2.47. The molecule has 5 heteroatoms. The van der Waals surface area contributed by atoms with Crippen LogP contribution in [0.2, 0.25) is 0 Å². The molecule has 0 heterocycles. The molecular weight excluding hydrogens is 276 g/mol. The molecule has 0 bridgehead atoms. The lowest BCUT2D eigenvalue weighted by Gasteiger charge is -2.18. The van der Waals surface area contributed by atoms with E-state index in [1.165, 1.54) is 49.4 Å². The fraction of sp³-hybridized carbons (Fsp3) is 0.188. The molecule has 0 unspecified atom stereocenters. The van der Waals surface area contributed by atoms with E-state index < -0.39 is 17.5 Å². The molecule has 2 rings (SSSR count). The maximum atomic E-state index is 13.6. The van der Waals surface area contributed by atoms with Crippen molar-refractivity contribution in [1.29, 1.82) is 0 Å². The van der Waals surface area contributed by atoms with Gasteiger partial charge in [0.1, 0.15) is 5.82 Å². The molecule has 0 atom stereocenters. The highest BCUT2D eigenvalue weighted by Crippen LogP contribution is 2.19. The van der Waals surface area contributed by atoms with Gasteiger partial charge in [-0.1, -0.05) is 18.2 Å². The summed E-state index contributed by atoms with van der Waals surface area (Å²) < 4.78 is 32.0. The first-order valence-electron chi connectivity index (χ1n) is 6.35. The van der Waals surface area contributed by atoms with Gasteiger partial charge in [-0.15, -0.1) is 0 Å². The largest absolute Gasteiger partial charge is 0.494 e. The highest BCUT2D eigenvalue weighted by Gasteiger charge is 2.16. The van der Waals surface area contributed by atoms with E-state index in [1.807, 2.05) is 0 Å². The summed E-state index contributed by atoms with van der Waals surface area (Å²) in [7, 11) is 2.92. The Balaban J connectivity index is 2.14. The summed E-state index contributed by atoms with van der Waals surface area (Å²) in [6, 6.07) is 10.2. The predicted octanol–water partition coefficient (Wildman–Crippen LogP) is 3.25. The summed E-state index contributed by atoms with van der Waals surface area (Å²) in [4.78, 5) is 13.5.